The zero-order valence-electron chi connectivity index (χ0n) is 15.9. The van der Waals surface area contributed by atoms with Crippen LogP contribution < -0.4 is 26.9 Å². The zero-order valence-corrected chi connectivity index (χ0v) is 16.7. The smallest absolute Gasteiger partial charge is 0.435 e. The fourth-order valence-electron chi connectivity index (χ4n) is 3.16. The van der Waals surface area contributed by atoms with Gasteiger partial charge < -0.3 is 16.6 Å². The van der Waals surface area contributed by atoms with Gasteiger partial charge in [0.15, 0.2) is 7.05 Å². The Labute approximate surface area is 173 Å². The normalized spacial score (nSPS) is 11.7. The summed E-state index contributed by atoms with van der Waals surface area (Å²) in [5.74, 6) is -0.647. The number of thiophene rings is 1. The molecule has 1 aromatic carbocycles. The van der Waals surface area contributed by atoms with Gasteiger partial charge in [0.25, 0.3) is 0 Å². The van der Waals surface area contributed by atoms with Crippen molar-refractivity contribution in [2.24, 2.45) is 12.0 Å². The topological polar surface area (TPSA) is 174 Å². The number of benzene rings is 1. The number of nitrogens with zero attached hydrogens (tertiary/aromatic N) is 4. The van der Waals surface area contributed by atoms with Crippen LogP contribution in [-0.4, -0.2) is 16.2 Å². The molecule has 0 saturated carbocycles. The Morgan fingerprint density at radius 1 is 1.43 bits per heavy atom. The highest BCUT2D eigenvalue weighted by Crippen LogP contribution is 2.41. The van der Waals surface area contributed by atoms with Crippen molar-refractivity contribution in [3.05, 3.63) is 50.7 Å². The number of anilines is 2. The van der Waals surface area contributed by atoms with Crippen LogP contribution in [0, 0.1) is 18.3 Å². The molecule has 0 aliphatic rings. The lowest BCUT2D eigenvalue weighted by molar-refractivity contribution is -0.730. The van der Waals surface area contributed by atoms with Gasteiger partial charge in [-0.15, -0.1) is 11.3 Å². The monoisotopic (exact) mass is 421 g/mol. The van der Waals surface area contributed by atoms with Gasteiger partial charge in [0.2, 0.25) is 0 Å². The van der Waals surface area contributed by atoms with E-state index in [9.17, 15) is 15.2 Å². The average molecular weight is 421 g/mol. The molecule has 10 nitrogen and oxygen atoms in total. The quantitative estimate of drug-likeness (QED) is 0.250. The number of aromatic nitrogens is 3. The van der Waals surface area contributed by atoms with Gasteiger partial charge in [-0.1, -0.05) is 16.8 Å². The average Bonchev–Trinajstić information content (AvgIpc) is 3.20. The van der Waals surface area contributed by atoms with Gasteiger partial charge in [-0.2, -0.15) is 5.26 Å². The SMILES string of the molecule is Cc1cccc(N=C([O-])c2sc3nc(N)c(C#N)c(-c4c(=O)o[nH][n+]4C)c3c2N)c1. The van der Waals surface area contributed by atoms with Crippen LogP contribution in [0.25, 0.3) is 21.5 Å². The molecule has 0 aliphatic carbocycles. The summed E-state index contributed by atoms with van der Waals surface area (Å²) in [5.41, 5.74) is 13.2. The minimum Gasteiger partial charge on any atom is -0.858 e. The number of fused-ring (bicyclic) bond motifs is 1. The first-order valence-corrected chi connectivity index (χ1v) is 9.45. The predicted molar refractivity (Wildman–Crippen MR) is 110 cm³/mol. The molecule has 0 radical (unpaired) electrons. The van der Waals surface area contributed by atoms with E-state index >= 15 is 0 Å². The first-order chi connectivity index (χ1) is 14.3. The Kier molecular flexibility index (Phi) is 4.48. The fraction of sp³-hybridized carbons (Fsp3) is 0.105. The summed E-state index contributed by atoms with van der Waals surface area (Å²) < 4.78 is 6.11. The number of nitrogen functional groups attached to an aromatic ring is 2. The minimum atomic E-state index is -0.719. The number of H-pyrrole nitrogens is 1. The van der Waals surface area contributed by atoms with Crippen molar-refractivity contribution in [3.63, 3.8) is 0 Å². The van der Waals surface area contributed by atoms with Crippen LogP contribution in [0.2, 0.25) is 0 Å². The van der Waals surface area contributed by atoms with Crippen LogP contribution in [-0.2, 0) is 7.05 Å². The van der Waals surface area contributed by atoms with Crippen LogP contribution in [0.3, 0.4) is 0 Å². The number of hydrogen-bond donors (Lipinski definition) is 3. The molecular weight excluding hydrogens is 406 g/mol. The first-order valence-electron chi connectivity index (χ1n) is 8.64. The largest absolute Gasteiger partial charge is 0.858 e. The fourth-order valence-corrected chi connectivity index (χ4v) is 4.15. The number of aromatic amines is 1. The number of aryl methyl sites for hydroxylation is 2. The van der Waals surface area contributed by atoms with Crippen LogP contribution in [0.1, 0.15) is 16.0 Å². The van der Waals surface area contributed by atoms with Gasteiger partial charge in [0.05, 0.1) is 27.2 Å². The maximum atomic E-state index is 12.8. The molecule has 4 rings (SSSR count). The maximum Gasteiger partial charge on any atom is 0.435 e. The number of rotatable bonds is 3. The third kappa shape index (κ3) is 2.96. The summed E-state index contributed by atoms with van der Waals surface area (Å²) in [5, 5.41) is 25.1. The Hall–Kier alpha value is -4.17. The Bertz CT molecular complexity index is 1440. The van der Waals surface area contributed by atoms with Crippen molar-refractivity contribution in [3.8, 4) is 17.3 Å². The van der Waals surface area contributed by atoms with Gasteiger partial charge in [-0.05, 0) is 29.9 Å². The van der Waals surface area contributed by atoms with Gasteiger partial charge in [-0.3, -0.25) is 9.52 Å². The van der Waals surface area contributed by atoms with E-state index in [-0.39, 0.29) is 38.6 Å². The molecule has 3 aromatic heterocycles. The lowest BCUT2D eigenvalue weighted by Crippen LogP contribution is -2.34. The molecule has 0 saturated heterocycles. The lowest BCUT2D eigenvalue weighted by Gasteiger charge is -2.10. The van der Waals surface area contributed by atoms with Gasteiger partial charge in [0.1, 0.15) is 22.3 Å². The number of hydrogen-bond acceptors (Lipinski definition) is 9. The van der Waals surface area contributed by atoms with E-state index in [1.807, 2.05) is 19.1 Å². The van der Waals surface area contributed by atoms with E-state index in [2.05, 4.69) is 15.2 Å². The summed E-state index contributed by atoms with van der Waals surface area (Å²) in [4.78, 5) is 21.0. The second-order valence-corrected chi connectivity index (χ2v) is 7.53. The maximum absolute atomic E-state index is 12.8. The number of nitriles is 1. The molecule has 0 fully saturated rings. The van der Waals surface area contributed by atoms with Crippen molar-refractivity contribution in [1.29, 1.82) is 5.26 Å². The van der Waals surface area contributed by atoms with E-state index in [0.717, 1.165) is 16.9 Å². The number of nitrogens with one attached hydrogen (secondary N) is 1. The third-order valence-electron chi connectivity index (χ3n) is 4.48. The molecular formula is C19H15N7O3S. The molecule has 4 aromatic rings. The zero-order chi connectivity index (χ0) is 21.6. The Balaban J connectivity index is 2.03. The van der Waals surface area contributed by atoms with E-state index in [0.29, 0.717) is 10.5 Å². The van der Waals surface area contributed by atoms with Crippen LogP contribution >= 0.6 is 11.3 Å². The molecule has 0 spiro atoms. The Morgan fingerprint density at radius 3 is 2.83 bits per heavy atom. The van der Waals surface area contributed by atoms with Crippen molar-refractivity contribution >= 4 is 44.6 Å². The number of nitrogens with two attached hydrogens (primary N) is 2. The highest BCUT2D eigenvalue weighted by molar-refractivity contribution is 7.21. The summed E-state index contributed by atoms with van der Waals surface area (Å²) in [6, 6.07) is 9.11. The van der Waals surface area contributed by atoms with Crippen LogP contribution in [0.4, 0.5) is 17.2 Å². The van der Waals surface area contributed by atoms with Crippen molar-refractivity contribution in [1.82, 2.24) is 10.3 Å². The summed E-state index contributed by atoms with van der Waals surface area (Å²) >= 11 is 0.991. The molecule has 3 heterocycles. The first kappa shape index (κ1) is 19.2. The standard InChI is InChI=1S/C19H15N7O3S/c1-8-4-3-5-9(6-8)23-17(27)15-13(21)12-11(14-19(28)29-25-26(14)2)10(7-20)16(22)24-18(12)30-15/h3-6H,1-2H3,(H5-,21,22,23,24,25,27,28). The summed E-state index contributed by atoms with van der Waals surface area (Å²) in [6.45, 7) is 1.89. The highest BCUT2D eigenvalue weighted by atomic mass is 32.1. The predicted octanol–water partition coefficient (Wildman–Crippen LogP) is 0.852. The van der Waals surface area contributed by atoms with Crippen molar-refractivity contribution < 1.29 is 14.3 Å². The Morgan fingerprint density at radius 2 is 2.20 bits per heavy atom. The third-order valence-corrected chi connectivity index (χ3v) is 5.57. The van der Waals surface area contributed by atoms with Crippen LogP contribution in [0.15, 0.2) is 38.6 Å². The molecule has 0 atom stereocenters. The van der Waals surface area contributed by atoms with E-state index < -0.39 is 11.5 Å². The van der Waals surface area contributed by atoms with Gasteiger partial charge in [0, 0.05) is 5.90 Å². The van der Waals surface area contributed by atoms with E-state index in [1.165, 1.54) is 11.7 Å². The van der Waals surface area contributed by atoms with Crippen molar-refractivity contribution in [2.75, 3.05) is 11.5 Å². The van der Waals surface area contributed by atoms with E-state index in [1.54, 1.807) is 18.2 Å². The summed E-state index contributed by atoms with van der Waals surface area (Å²) in [6.07, 6.45) is 0. The molecule has 30 heavy (non-hydrogen) atoms. The number of aliphatic imine (C=N–C) groups is 1. The minimum absolute atomic E-state index is 0.0322. The van der Waals surface area contributed by atoms with Crippen molar-refractivity contribution in [2.45, 2.75) is 6.92 Å². The molecule has 11 heteroatoms. The molecule has 150 valence electrons. The highest BCUT2D eigenvalue weighted by Gasteiger charge is 2.30. The molecule has 0 aliphatic heterocycles. The second-order valence-electron chi connectivity index (χ2n) is 6.53. The number of pyridine rings is 1. The molecule has 0 amide bonds. The van der Waals surface area contributed by atoms with E-state index in [4.69, 9.17) is 16.0 Å². The summed E-state index contributed by atoms with van der Waals surface area (Å²) in [7, 11) is 1.53. The van der Waals surface area contributed by atoms with Crippen LogP contribution in [0.5, 0.6) is 0 Å². The molecule has 5 N–H and O–H groups in total. The lowest BCUT2D eigenvalue weighted by atomic mass is 10.0. The van der Waals surface area contributed by atoms with Gasteiger partial charge >= 0.3 is 11.3 Å². The van der Waals surface area contributed by atoms with Gasteiger partial charge in [-0.25, -0.2) is 9.78 Å². The molecule has 0 bridgehead atoms. The molecule has 0 unspecified atom stereocenters. The second kappa shape index (κ2) is 7.02.